The van der Waals surface area contributed by atoms with Crippen LogP contribution in [0.1, 0.15) is 22.8 Å². The molecule has 0 saturated carbocycles. The molecule has 2 N–H and O–H groups in total. The monoisotopic (exact) mass is 313 g/mol. The highest BCUT2D eigenvalue weighted by atomic mass is 32.1. The second kappa shape index (κ2) is 6.32. The number of nitrogens with one attached hydrogen (secondary N) is 2. The molecule has 1 amide bonds. The van der Waals surface area contributed by atoms with E-state index in [0.717, 1.165) is 13.0 Å². The van der Waals surface area contributed by atoms with Crippen molar-refractivity contribution < 1.29 is 4.79 Å². The van der Waals surface area contributed by atoms with Crippen molar-refractivity contribution >= 4 is 23.8 Å². The van der Waals surface area contributed by atoms with E-state index < -0.39 is 0 Å². The number of carbonyl (C=O) groups excluding carboxylic acids is 1. The molecule has 22 heavy (non-hydrogen) atoms. The second-order valence-corrected chi connectivity index (χ2v) is 5.95. The Labute approximate surface area is 135 Å². The zero-order valence-electron chi connectivity index (χ0n) is 12.5. The lowest BCUT2D eigenvalue weighted by Crippen LogP contribution is -2.41. The van der Waals surface area contributed by atoms with Gasteiger partial charge in [-0.05, 0) is 37.1 Å². The maximum atomic E-state index is 12.2. The predicted octanol–water partition coefficient (Wildman–Crippen LogP) is 2.93. The lowest BCUT2D eigenvalue weighted by molar-refractivity contribution is 0.0950. The van der Waals surface area contributed by atoms with Gasteiger partial charge < -0.3 is 15.2 Å². The number of fused-ring (bicyclic) bond motifs is 1. The van der Waals surface area contributed by atoms with Gasteiger partial charge in [-0.3, -0.25) is 4.79 Å². The number of aromatic amines is 1. The maximum absolute atomic E-state index is 12.2. The minimum Gasteiger partial charge on any atom is -0.366 e. The molecule has 0 spiro atoms. The van der Waals surface area contributed by atoms with Crippen LogP contribution in [0, 0.1) is 4.64 Å². The fraction of sp³-hybridized carbons (Fsp3) is 0.294. The van der Waals surface area contributed by atoms with E-state index >= 15 is 0 Å². The fourth-order valence-corrected chi connectivity index (χ4v) is 3.10. The standard InChI is InChI=1S/C17H19N3OS/c1-12(20-10-8-13-5-2-3-7-15(13)20)11-19-16(21)14-6-4-9-18-17(14)22/h2-7,9,12H,8,10-11H2,1H3,(H,18,22)(H,19,21). The normalized spacial score (nSPS) is 14.5. The quantitative estimate of drug-likeness (QED) is 0.853. The van der Waals surface area contributed by atoms with E-state index in [4.69, 9.17) is 12.2 Å². The van der Waals surface area contributed by atoms with Crippen LogP contribution in [-0.4, -0.2) is 30.0 Å². The van der Waals surface area contributed by atoms with E-state index in [0.29, 0.717) is 16.7 Å². The number of anilines is 1. The van der Waals surface area contributed by atoms with Crippen LogP contribution in [0.2, 0.25) is 0 Å². The summed E-state index contributed by atoms with van der Waals surface area (Å²) in [5.74, 6) is -0.124. The molecular formula is C17H19N3OS. The van der Waals surface area contributed by atoms with Crippen molar-refractivity contribution in [3.8, 4) is 0 Å². The molecule has 2 aromatic rings. The lowest BCUT2D eigenvalue weighted by atomic mass is 10.2. The summed E-state index contributed by atoms with van der Waals surface area (Å²) in [5.41, 5.74) is 3.18. The van der Waals surface area contributed by atoms with Crippen LogP contribution >= 0.6 is 12.2 Å². The largest absolute Gasteiger partial charge is 0.366 e. The van der Waals surface area contributed by atoms with Crippen molar-refractivity contribution in [1.29, 1.82) is 0 Å². The molecular weight excluding hydrogens is 294 g/mol. The first-order chi connectivity index (χ1) is 10.7. The third-order valence-electron chi connectivity index (χ3n) is 4.08. The highest BCUT2D eigenvalue weighted by Crippen LogP contribution is 2.28. The van der Waals surface area contributed by atoms with E-state index in [9.17, 15) is 4.79 Å². The van der Waals surface area contributed by atoms with Crippen molar-refractivity contribution in [2.24, 2.45) is 0 Å². The molecule has 1 aromatic heterocycles. The summed E-state index contributed by atoms with van der Waals surface area (Å²) in [6.07, 6.45) is 2.79. The summed E-state index contributed by atoms with van der Waals surface area (Å²) in [7, 11) is 0. The van der Waals surface area contributed by atoms with Crippen LogP contribution in [0.3, 0.4) is 0 Å². The topological polar surface area (TPSA) is 48.1 Å². The SMILES string of the molecule is CC(CNC(=O)c1ccc[nH]c1=S)N1CCc2ccccc21. The van der Waals surface area contributed by atoms with Gasteiger partial charge in [0, 0.05) is 31.0 Å². The van der Waals surface area contributed by atoms with Crippen LogP contribution in [0.25, 0.3) is 0 Å². The van der Waals surface area contributed by atoms with Gasteiger partial charge in [-0.2, -0.15) is 0 Å². The number of rotatable bonds is 4. The third kappa shape index (κ3) is 2.90. The molecule has 4 nitrogen and oxygen atoms in total. The van der Waals surface area contributed by atoms with Gasteiger partial charge in [0.05, 0.1) is 5.56 Å². The van der Waals surface area contributed by atoms with Crippen molar-refractivity contribution in [1.82, 2.24) is 10.3 Å². The first-order valence-corrected chi connectivity index (χ1v) is 7.88. The Morgan fingerprint density at radius 2 is 2.18 bits per heavy atom. The van der Waals surface area contributed by atoms with Crippen molar-refractivity contribution in [2.45, 2.75) is 19.4 Å². The molecule has 0 radical (unpaired) electrons. The number of benzene rings is 1. The summed E-state index contributed by atoms with van der Waals surface area (Å²) in [6.45, 7) is 3.73. The summed E-state index contributed by atoms with van der Waals surface area (Å²) in [4.78, 5) is 17.4. The molecule has 1 aliphatic rings. The van der Waals surface area contributed by atoms with Crippen molar-refractivity contribution in [3.05, 3.63) is 58.4 Å². The average Bonchev–Trinajstić information content (AvgIpc) is 2.97. The van der Waals surface area contributed by atoms with Gasteiger partial charge in [-0.1, -0.05) is 30.4 Å². The van der Waals surface area contributed by atoms with Crippen molar-refractivity contribution in [2.75, 3.05) is 18.0 Å². The molecule has 3 rings (SSSR count). The number of pyridine rings is 1. The molecule has 1 atom stereocenters. The third-order valence-corrected chi connectivity index (χ3v) is 4.41. The Balaban J connectivity index is 1.64. The lowest BCUT2D eigenvalue weighted by Gasteiger charge is -2.27. The number of para-hydroxylation sites is 1. The predicted molar refractivity (Wildman–Crippen MR) is 90.9 cm³/mol. The number of hydrogen-bond donors (Lipinski definition) is 2. The Morgan fingerprint density at radius 3 is 3.00 bits per heavy atom. The van der Waals surface area contributed by atoms with Gasteiger partial charge in [0.25, 0.3) is 5.91 Å². The highest BCUT2D eigenvalue weighted by Gasteiger charge is 2.23. The van der Waals surface area contributed by atoms with E-state index in [1.807, 2.05) is 0 Å². The van der Waals surface area contributed by atoms with E-state index in [1.165, 1.54) is 11.3 Å². The second-order valence-electron chi connectivity index (χ2n) is 5.54. The number of amides is 1. The minimum absolute atomic E-state index is 0.124. The first kappa shape index (κ1) is 14.8. The summed E-state index contributed by atoms with van der Waals surface area (Å²) >= 11 is 5.14. The van der Waals surface area contributed by atoms with Crippen LogP contribution in [0.15, 0.2) is 42.6 Å². The van der Waals surface area contributed by atoms with Gasteiger partial charge >= 0.3 is 0 Å². The Morgan fingerprint density at radius 1 is 1.36 bits per heavy atom. The highest BCUT2D eigenvalue weighted by molar-refractivity contribution is 7.71. The molecule has 0 aliphatic carbocycles. The smallest absolute Gasteiger partial charge is 0.254 e. The van der Waals surface area contributed by atoms with Gasteiger partial charge in [0.15, 0.2) is 0 Å². The van der Waals surface area contributed by atoms with Crippen molar-refractivity contribution in [3.63, 3.8) is 0 Å². The summed E-state index contributed by atoms with van der Waals surface area (Å²) < 4.78 is 0.471. The average molecular weight is 313 g/mol. The van der Waals surface area contributed by atoms with Crippen LogP contribution in [0.4, 0.5) is 5.69 Å². The zero-order chi connectivity index (χ0) is 15.5. The maximum Gasteiger partial charge on any atom is 0.254 e. The molecule has 0 bridgehead atoms. The molecule has 1 unspecified atom stereocenters. The Hall–Kier alpha value is -2.14. The van der Waals surface area contributed by atoms with Crippen LogP contribution in [0.5, 0.6) is 0 Å². The Bertz CT molecular complexity index is 740. The Kier molecular flexibility index (Phi) is 4.24. The fourth-order valence-electron chi connectivity index (χ4n) is 2.87. The van der Waals surface area contributed by atoms with Crippen LogP contribution < -0.4 is 10.2 Å². The summed E-state index contributed by atoms with van der Waals surface area (Å²) in [6, 6.07) is 12.2. The van der Waals surface area contributed by atoms with Gasteiger partial charge in [-0.25, -0.2) is 0 Å². The van der Waals surface area contributed by atoms with Gasteiger partial charge in [0.2, 0.25) is 0 Å². The molecule has 0 fully saturated rings. The van der Waals surface area contributed by atoms with Gasteiger partial charge in [-0.15, -0.1) is 0 Å². The number of aromatic nitrogens is 1. The first-order valence-electron chi connectivity index (χ1n) is 7.47. The molecule has 1 aromatic carbocycles. The summed E-state index contributed by atoms with van der Waals surface area (Å²) in [5, 5.41) is 2.98. The number of hydrogen-bond acceptors (Lipinski definition) is 3. The minimum atomic E-state index is -0.124. The number of carbonyl (C=O) groups is 1. The molecule has 1 aliphatic heterocycles. The van der Waals surface area contributed by atoms with E-state index in [1.54, 1.807) is 18.3 Å². The molecule has 2 heterocycles. The number of nitrogens with zero attached hydrogens (tertiary/aromatic N) is 1. The van der Waals surface area contributed by atoms with Gasteiger partial charge in [0.1, 0.15) is 4.64 Å². The zero-order valence-corrected chi connectivity index (χ0v) is 13.3. The molecule has 0 saturated heterocycles. The number of H-pyrrole nitrogens is 1. The van der Waals surface area contributed by atoms with E-state index in [-0.39, 0.29) is 11.9 Å². The van der Waals surface area contributed by atoms with Crippen LogP contribution in [-0.2, 0) is 6.42 Å². The van der Waals surface area contributed by atoms with E-state index in [2.05, 4.69) is 46.4 Å². The molecule has 114 valence electrons. The molecule has 5 heteroatoms.